The molecule has 0 aliphatic carbocycles. The Balaban J connectivity index is 0. The summed E-state index contributed by atoms with van der Waals surface area (Å²) in [5.41, 5.74) is 2.98. The number of halogens is 2. The summed E-state index contributed by atoms with van der Waals surface area (Å²) in [5.74, 6) is 1.21. The molecule has 0 radical (unpaired) electrons. The standard InChI is InChI=1S/C20H38N2.2BrH/c1-9-21(5,6)15-17(3)19-12-11-13-20(14-19)18(4)16-22(7,8)10-2;;/h11-14,17-18H,9-10,15-16H2,1-8H3;2*1H/q+2;;/p-2. The molecule has 142 valence electrons. The van der Waals surface area contributed by atoms with E-state index in [9.17, 15) is 0 Å². The van der Waals surface area contributed by atoms with E-state index in [0.717, 1.165) is 8.97 Å². The fourth-order valence-corrected chi connectivity index (χ4v) is 3.12. The first-order chi connectivity index (χ1) is 10.1. The zero-order chi connectivity index (χ0) is 17.0. The Morgan fingerprint density at radius 3 is 1.38 bits per heavy atom. The van der Waals surface area contributed by atoms with Crippen molar-refractivity contribution < 1.29 is 42.9 Å². The van der Waals surface area contributed by atoms with Crippen molar-refractivity contribution in [1.82, 2.24) is 0 Å². The molecule has 0 heterocycles. The summed E-state index contributed by atoms with van der Waals surface area (Å²) in [4.78, 5) is 0. The average Bonchev–Trinajstić information content (AvgIpc) is 2.46. The lowest BCUT2D eigenvalue weighted by atomic mass is 9.93. The van der Waals surface area contributed by atoms with E-state index >= 15 is 0 Å². The van der Waals surface area contributed by atoms with Crippen LogP contribution in [0.4, 0.5) is 0 Å². The molecule has 0 aromatic heterocycles. The van der Waals surface area contributed by atoms with Gasteiger partial charge in [0.05, 0.1) is 54.4 Å². The first kappa shape index (κ1) is 26.3. The summed E-state index contributed by atoms with van der Waals surface area (Å²) < 4.78 is 2.17. The molecule has 1 aromatic rings. The van der Waals surface area contributed by atoms with Crippen molar-refractivity contribution >= 4 is 0 Å². The minimum Gasteiger partial charge on any atom is -1.00 e. The number of nitrogens with zero attached hydrogens (tertiary/aromatic N) is 2. The largest absolute Gasteiger partial charge is 1.00 e. The lowest BCUT2D eigenvalue weighted by Crippen LogP contribution is -3.00. The van der Waals surface area contributed by atoms with Crippen LogP contribution in [0.5, 0.6) is 0 Å². The molecule has 4 heteroatoms. The normalized spacial score (nSPS) is 14.3. The zero-order valence-corrected chi connectivity index (χ0v) is 20.1. The molecule has 1 aromatic carbocycles. The molecular weight excluding hydrogens is 428 g/mol. The molecule has 0 fully saturated rings. The van der Waals surface area contributed by atoms with Gasteiger partial charge in [-0.15, -0.1) is 0 Å². The highest BCUT2D eigenvalue weighted by molar-refractivity contribution is 5.28. The Hall–Kier alpha value is 0.1000. The highest BCUT2D eigenvalue weighted by Crippen LogP contribution is 2.24. The van der Waals surface area contributed by atoms with E-state index in [1.807, 2.05) is 0 Å². The van der Waals surface area contributed by atoms with Crippen LogP contribution in [-0.2, 0) is 0 Å². The highest BCUT2D eigenvalue weighted by atomic mass is 79.9. The van der Waals surface area contributed by atoms with Gasteiger partial charge >= 0.3 is 0 Å². The third-order valence-corrected chi connectivity index (χ3v) is 5.30. The van der Waals surface area contributed by atoms with Gasteiger partial charge in [0.1, 0.15) is 0 Å². The number of quaternary nitrogens is 2. The van der Waals surface area contributed by atoms with Crippen LogP contribution in [0.3, 0.4) is 0 Å². The van der Waals surface area contributed by atoms with Crippen molar-refractivity contribution in [2.75, 3.05) is 54.4 Å². The molecule has 0 saturated carbocycles. The second-order valence-corrected chi connectivity index (χ2v) is 8.34. The van der Waals surface area contributed by atoms with E-state index < -0.39 is 0 Å². The molecule has 2 unspecified atom stereocenters. The Kier molecular flexibility index (Phi) is 12.0. The quantitative estimate of drug-likeness (QED) is 0.393. The summed E-state index contributed by atoms with van der Waals surface area (Å²) >= 11 is 0. The summed E-state index contributed by atoms with van der Waals surface area (Å²) in [7, 11) is 9.29. The summed E-state index contributed by atoms with van der Waals surface area (Å²) in [5, 5.41) is 0. The van der Waals surface area contributed by atoms with Crippen molar-refractivity contribution in [2.45, 2.75) is 39.5 Å². The Morgan fingerprint density at radius 1 is 0.750 bits per heavy atom. The lowest BCUT2D eigenvalue weighted by molar-refractivity contribution is -0.889. The van der Waals surface area contributed by atoms with Gasteiger partial charge in [-0.25, -0.2) is 0 Å². The molecule has 1 rings (SSSR count). The topological polar surface area (TPSA) is 0 Å². The van der Waals surface area contributed by atoms with Gasteiger partial charge in [0, 0.05) is 11.8 Å². The maximum absolute atomic E-state index is 2.45. The van der Waals surface area contributed by atoms with Gasteiger partial charge in [-0.1, -0.05) is 38.1 Å². The second kappa shape index (κ2) is 10.9. The third kappa shape index (κ3) is 8.46. The minimum atomic E-state index is 0. The molecule has 0 aliphatic rings. The van der Waals surface area contributed by atoms with Crippen LogP contribution in [0.25, 0.3) is 0 Å². The van der Waals surface area contributed by atoms with Crippen LogP contribution >= 0.6 is 0 Å². The summed E-state index contributed by atoms with van der Waals surface area (Å²) in [6, 6.07) is 9.29. The van der Waals surface area contributed by atoms with Gasteiger partial charge in [-0.3, -0.25) is 0 Å². The smallest absolute Gasteiger partial charge is 0.0849 e. The molecule has 0 amide bonds. The van der Waals surface area contributed by atoms with Gasteiger partial charge in [0.25, 0.3) is 0 Å². The second-order valence-electron chi connectivity index (χ2n) is 8.34. The molecule has 0 N–H and O–H groups in total. The van der Waals surface area contributed by atoms with Gasteiger partial charge in [-0.05, 0) is 25.0 Å². The van der Waals surface area contributed by atoms with Crippen LogP contribution in [-0.4, -0.2) is 63.3 Å². The molecule has 0 bridgehead atoms. The molecular formula is C20H38Br2N2. The van der Waals surface area contributed by atoms with E-state index in [1.165, 1.54) is 37.3 Å². The first-order valence-electron chi connectivity index (χ1n) is 8.84. The SMILES string of the molecule is CC[N+](C)(C)CC(C)c1cccc(C(C)C[N+](C)(C)CC)c1.[Br-].[Br-]. The average molecular weight is 466 g/mol. The first-order valence-corrected chi connectivity index (χ1v) is 8.84. The maximum Gasteiger partial charge on any atom is 0.0849 e. The van der Waals surface area contributed by atoms with Crippen molar-refractivity contribution in [2.24, 2.45) is 0 Å². The van der Waals surface area contributed by atoms with E-state index in [1.54, 1.807) is 0 Å². The maximum atomic E-state index is 2.45. The number of benzene rings is 1. The van der Waals surface area contributed by atoms with Gasteiger partial charge < -0.3 is 42.9 Å². The van der Waals surface area contributed by atoms with E-state index in [4.69, 9.17) is 0 Å². The van der Waals surface area contributed by atoms with Gasteiger partial charge in [0.2, 0.25) is 0 Å². The number of likely N-dealkylation sites (N-methyl/N-ethyl adjacent to an activating group) is 2. The molecule has 0 spiro atoms. The lowest BCUT2D eigenvalue weighted by Gasteiger charge is -2.32. The molecule has 24 heavy (non-hydrogen) atoms. The third-order valence-electron chi connectivity index (χ3n) is 5.30. The summed E-state index contributed by atoms with van der Waals surface area (Å²) in [6.07, 6.45) is 0. The van der Waals surface area contributed by atoms with Crippen LogP contribution in [0.1, 0.15) is 50.7 Å². The van der Waals surface area contributed by atoms with Crippen molar-refractivity contribution in [3.05, 3.63) is 35.4 Å². The van der Waals surface area contributed by atoms with E-state index in [-0.39, 0.29) is 34.0 Å². The van der Waals surface area contributed by atoms with Crippen molar-refractivity contribution in [1.29, 1.82) is 0 Å². The van der Waals surface area contributed by atoms with Crippen molar-refractivity contribution in [3.63, 3.8) is 0 Å². The fraction of sp³-hybridized carbons (Fsp3) is 0.700. The van der Waals surface area contributed by atoms with E-state index in [0.29, 0.717) is 11.8 Å². The predicted molar refractivity (Wildman–Crippen MR) is 98.3 cm³/mol. The monoisotopic (exact) mass is 464 g/mol. The summed E-state index contributed by atoms with van der Waals surface area (Å²) in [6.45, 7) is 14.0. The molecule has 0 saturated heterocycles. The van der Waals surface area contributed by atoms with Gasteiger partial charge in [-0.2, -0.15) is 0 Å². The van der Waals surface area contributed by atoms with Crippen LogP contribution < -0.4 is 34.0 Å². The van der Waals surface area contributed by atoms with Crippen LogP contribution in [0, 0.1) is 0 Å². The number of hydrogen-bond donors (Lipinski definition) is 0. The van der Waals surface area contributed by atoms with Crippen LogP contribution in [0.15, 0.2) is 24.3 Å². The number of rotatable bonds is 8. The van der Waals surface area contributed by atoms with Gasteiger partial charge in [0.15, 0.2) is 0 Å². The highest BCUT2D eigenvalue weighted by Gasteiger charge is 2.21. The fourth-order valence-electron chi connectivity index (χ4n) is 3.12. The molecule has 0 aliphatic heterocycles. The molecule has 2 nitrogen and oxygen atoms in total. The van der Waals surface area contributed by atoms with Crippen LogP contribution in [0.2, 0.25) is 0 Å². The Bertz CT molecular complexity index is 433. The Labute approximate surface area is 172 Å². The van der Waals surface area contributed by atoms with E-state index in [2.05, 4.69) is 80.2 Å². The predicted octanol–water partition coefficient (Wildman–Crippen LogP) is -1.91. The van der Waals surface area contributed by atoms with Crippen molar-refractivity contribution in [3.8, 4) is 0 Å². The molecule has 2 atom stereocenters. The minimum absolute atomic E-state index is 0. The zero-order valence-electron chi connectivity index (χ0n) is 16.9. The number of hydrogen-bond acceptors (Lipinski definition) is 0. The Morgan fingerprint density at radius 2 is 1.08 bits per heavy atom.